The van der Waals surface area contributed by atoms with E-state index in [-0.39, 0.29) is 0 Å². The Balaban J connectivity index is 1.53. The molecule has 1 saturated heterocycles. The summed E-state index contributed by atoms with van der Waals surface area (Å²) >= 11 is 0. The summed E-state index contributed by atoms with van der Waals surface area (Å²) in [6.07, 6.45) is 8.34. The van der Waals surface area contributed by atoms with Gasteiger partial charge in [0.2, 0.25) is 0 Å². The summed E-state index contributed by atoms with van der Waals surface area (Å²) in [5, 5.41) is 6.92. The molecule has 1 aromatic rings. The Labute approximate surface area is 151 Å². The number of guanidine groups is 1. The van der Waals surface area contributed by atoms with Crippen molar-refractivity contribution in [1.29, 1.82) is 0 Å². The quantitative estimate of drug-likeness (QED) is 0.610. The molecule has 2 heterocycles. The lowest BCUT2D eigenvalue weighted by molar-refractivity contribution is 0.00820. The number of furan rings is 1. The highest BCUT2D eigenvalue weighted by Crippen LogP contribution is 2.36. The van der Waals surface area contributed by atoms with Crippen LogP contribution in [0.1, 0.15) is 37.9 Å². The minimum absolute atomic E-state index is 0.345. The molecule has 2 fully saturated rings. The van der Waals surface area contributed by atoms with Crippen molar-refractivity contribution in [2.75, 3.05) is 46.4 Å². The van der Waals surface area contributed by atoms with Gasteiger partial charge < -0.3 is 19.8 Å². The molecule has 2 N–H and O–H groups in total. The molecule has 0 radical (unpaired) electrons. The highest BCUT2D eigenvalue weighted by atomic mass is 16.5. The van der Waals surface area contributed by atoms with Crippen molar-refractivity contribution in [1.82, 2.24) is 15.5 Å². The van der Waals surface area contributed by atoms with E-state index in [0.29, 0.717) is 12.0 Å². The molecule has 0 aromatic carbocycles. The molecule has 0 bridgehead atoms. The summed E-state index contributed by atoms with van der Waals surface area (Å²) in [5.74, 6) is 1.77. The van der Waals surface area contributed by atoms with E-state index in [2.05, 4.69) is 20.5 Å². The van der Waals surface area contributed by atoms with Gasteiger partial charge in [0, 0.05) is 38.6 Å². The number of hydrogen-bond donors (Lipinski definition) is 2. The first-order chi connectivity index (χ1) is 12.3. The molecule has 140 valence electrons. The standard InChI is InChI=1S/C19H32N4O2/c1-20-18(21-14-17-6-5-11-25-17)22-15-19(7-3-2-4-8-19)16-23-9-12-24-13-10-23/h5-6,11H,2-4,7-10,12-16H2,1H3,(H2,20,21,22). The number of hydrogen-bond acceptors (Lipinski definition) is 4. The lowest BCUT2D eigenvalue weighted by Crippen LogP contribution is -2.51. The fourth-order valence-electron chi connectivity index (χ4n) is 4.00. The Hall–Kier alpha value is -1.53. The van der Waals surface area contributed by atoms with Crippen molar-refractivity contribution in [3.8, 4) is 0 Å². The van der Waals surface area contributed by atoms with Crippen LogP contribution < -0.4 is 10.6 Å². The SMILES string of the molecule is CN=C(NCc1ccco1)NCC1(CN2CCOCC2)CCCCC1. The number of ether oxygens (including phenoxy) is 1. The Morgan fingerprint density at radius 3 is 2.68 bits per heavy atom. The molecule has 0 amide bonds. The monoisotopic (exact) mass is 348 g/mol. The molecule has 0 atom stereocenters. The second-order valence-electron chi connectivity index (χ2n) is 7.31. The molecule has 2 aliphatic rings. The molecule has 6 nitrogen and oxygen atoms in total. The Morgan fingerprint density at radius 1 is 1.20 bits per heavy atom. The van der Waals surface area contributed by atoms with Crippen LogP contribution in [0.25, 0.3) is 0 Å². The highest BCUT2D eigenvalue weighted by molar-refractivity contribution is 5.79. The van der Waals surface area contributed by atoms with Crippen LogP contribution in [0, 0.1) is 5.41 Å². The summed E-state index contributed by atoms with van der Waals surface area (Å²) in [7, 11) is 1.83. The predicted molar refractivity (Wildman–Crippen MR) is 99.7 cm³/mol. The van der Waals surface area contributed by atoms with E-state index >= 15 is 0 Å². The first-order valence-corrected chi connectivity index (χ1v) is 9.57. The molecule has 3 rings (SSSR count). The van der Waals surface area contributed by atoms with Gasteiger partial charge in [-0.15, -0.1) is 0 Å². The minimum Gasteiger partial charge on any atom is -0.467 e. The lowest BCUT2D eigenvalue weighted by Gasteiger charge is -2.42. The lowest BCUT2D eigenvalue weighted by atomic mass is 9.73. The fraction of sp³-hybridized carbons (Fsp3) is 0.737. The second-order valence-corrected chi connectivity index (χ2v) is 7.31. The van der Waals surface area contributed by atoms with Gasteiger partial charge in [0.1, 0.15) is 5.76 Å². The third kappa shape index (κ3) is 5.47. The molecule has 1 aliphatic heterocycles. The number of aliphatic imine (C=N–C) groups is 1. The zero-order valence-electron chi connectivity index (χ0n) is 15.4. The third-order valence-electron chi connectivity index (χ3n) is 5.44. The minimum atomic E-state index is 0.345. The number of nitrogens with zero attached hydrogens (tertiary/aromatic N) is 2. The smallest absolute Gasteiger partial charge is 0.191 e. The predicted octanol–water partition coefficient (Wildman–Crippen LogP) is 2.23. The van der Waals surface area contributed by atoms with Gasteiger partial charge in [0.25, 0.3) is 0 Å². The summed E-state index contributed by atoms with van der Waals surface area (Å²) in [6.45, 7) is 6.66. The largest absolute Gasteiger partial charge is 0.467 e. The Morgan fingerprint density at radius 2 is 2.00 bits per heavy atom. The van der Waals surface area contributed by atoms with Gasteiger partial charge in [-0.3, -0.25) is 9.89 Å². The average molecular weight is 348 g/mol. The highest BCUT2D eigenvalue weighted by Gasteiger charge is 2.34. The van der Waals surface area contributed by atoms with Gasteiger partial charge in [-0.25, -0.2) is 0 Å². The van der Waals surface area contributed by atoms with Crippen LogP contribution in [0.15, 0.2) is 27.8 Å². The van der Waals surface area contributed by atoms with Crippen LogP contribution in [0.2, 0.25) is 0 Å². The zero-order chi connectivity index (χ0) is 17.4. The zero-order valence-corrected chi connectivity index (χ0v) is 15.4. The van der Waals surface area contributed by atoms with Crippen molar-refractivity contribution in [2.24, 2.45) is 10.4 Å². The molecule has 6 heteroatoms. The maximum atomic E-state index is 5.51. The van der Waals surface area contributed by atoms with Gasteiger partial charge in [0.15, 0.2) is 5.96 Å². The molecule has 1 aromatic heterocycles. The van der Waals surface area contributed by atoms with E-state index in [9.17, 15) is 0 Å². The average Bonchev–Trinajstić information content (AvgIpc) is 3.17. The summed E-state index contributed by atoms with van der Waals surface area (Å²) in [4.78, 5) is 6.95. The Bertz CT molecular complexity index is 518. The van der Waals surface area contributed by atoms with Gasteiger partial charge >= 0.3 is 0 Å². The molecular formula is C19H32N4O2. The van der Waals surface area contributed by atoms with E-state index in [1.165, 1.54) is 38.6 Å². The number of morpholine rings is 1. The van der Waals surface area contributed by atoms with E-state index in [1.54, 1.807) is 6.26 Å². The fourth-order valence-corrected chi connectivity index (χ4v) is 4.00. The van der Waals surface area contributed by atoms with Crippen LogP contribution in [0.5, 0.6) is 0 Å². The summed E-state index contributed by atoms with van der Waals surface area (Å²) in [6, 6.07) is 3.88. The van der Waals surface area contributed by atoms with E-state index < -0.39 is 0 Å². The Kier molecular flexibility index (Phi) is 6.76. The van der Waals surface area contributed by atoms with Gasteiger partial charge in [0.05, 0.1) is 26.0 Å². The maximum absolute atomic E-state index is 5.51. The van der Waals surface area contributed by atoms with Crippen LogP contribution >= 0.6 is 0 Å². The van der Waals surface area contributed by atoms with Crippen LogP contribution in [-0.4, -0.2) is 57.3 Å². The van der Waals surface area contributed by atoms with Crippen molar-refractivity contribution in [2.45, 2.75) is 38.6 Å². The van der Waals surface area contributed by atoms with Crippen LogP contribution in [0.3, 0.4) is 0 Å². The molecule has 1 saturated carbocycles. The topological polar surface area (TPSA) is 62.0 Å². The molecule has 1 aliphatic carbocycles. The van der Waals surface area contributed by atoms with E-state index in [4.69, 9.17) is 9.15 Å². The van der Waals surface area contributed by atoms with Crippen molar-refractivity contribution < 1.29 is 9.15 Å². The number of rotatable bonds is 6. The summed E-state index contributed by atoms with van der Waals surface area (Å²) in [5.41, 5.74) is 0.345. The first kappa shape index (κ1) is 18.3. The molecule has 25 heavy (non-hydrogen) atoms. The summed E-state index contributed by atoms with van der Waals surface area (Å²) < 4.78 is 10.9. The van der Waals surface area contributed by atoms with Crippen molar-refractivity contribution in [3.05, 3.63) is 24.2 Å². The number of nitrogens with one attached hydrogen (secondary N) is 2. The van der Waals surface area contributed by atoms with Crippen LogP contribution in [0.4, 0.5) is 0 Å². The van der Waals surface area contributed by atoms with E-state index in [1.807, 2.05) is 19.2 Å². The van der Waals surface area contributed by atoms with E-state index in [0.717, 1.165) is 44.6 Å². The second kappa shape index (κ2) is 9.25. The first-order valence-electron chi connectivity index (χ1n) is 9.57. The van der Waals surface area contributed by atoms with Gasteiger partial charge in [-0.05, 0) is 25.0 Å². The molecule has 0 unspecified atom stereocenters. The van der Waals surface area contributed by atoms with Crippen LogP contribution in [-0.2, 0) is 11.3 Å². The van der Waals surface area contributed by atoms with Crippen molar-refractivity contribution in [3.63, 3.8) is 0 Å². The van der Waals surface area contributed by atoms with Gasteiger partial charge in [-0.1, -0.05) is 19.3 Å². The van der Waals surface area contributed by atoms with Gasteiger partial charge in [-0.2, -0.15) is 0 Å². The normalized spacial score (nSPS) is 21.9. The molecular weight excluding hydrogens is 316 g/mol. The molecule has 0 spiro atoms. The maximum Gasteiger partial charge on any atom is 0.191 e. The third-order valence-corrected chi connectivity index (χ3v) is 5.44. The van der Waals surface area contributed by atoms with Crippen molar-refractivity contribution >= 4 is 5.96 Å².